The van der Waals surface area contributed by atoms with Crippen LogP contribution in [0.25, 0.3) is 61.0 Å². The largest absolute Gasteiger partial charge is 0.457 e. The molecule has 8 aromatic carbocycles. The molecule has 0 bridgehead atoms. The molecular weight excluding hydrogens is 769 g/mol. The van der Waals surface area contributed by atoms with Crippen LogP contribution in [-0.2, 0) is 5.41 Å². The molecule has 10 aromatic rings. The first kappa shape index (κ1) is 39.3. The number of anilines is 4. The Labute approximate surface area is 369 Å². The summed E-state index contributed by atoms with van der Waals surface area (Å²) in [5.74, 6) is 2.33. The molecule has 5 heteroatoms. The number of para-hydroxylation sites is 4. The summed E-state index contributed by atoms with van der Waals surface area (Å²) in [6.45, 7) is 8.90. The molecule has 0 aliphatic rings. The maximum atomic E-state index is 6.65. The number of hydrogen-bond donors (Lipinski definition) is 2. The van der Waals surface area contributed by atoms with Crippen LogP contribution in [0.2, 0.25) is 0 Å². The lowest BCUT2D eigenvalue weighted by Gasteiger charge is -2.20. The van der Waals surface area contributed by atoms with Gasteiger partial charge in [-0.1, -0.05) is 160 Å². The SMILES string of the molecule is Cc1cc(-n2c3ccccc3c3ccc(Oc4cccc(Nc5ccccc5Nc5c(-c6ccccc6)cccc5-c5ccccc5)c4)cc32)ncc1-c1ccc(C(C)(C)C)cc1. The summed E-state index contributed by atoms with van der Waals surface area (Å²) in [5, 5.41) is 9.85. The van der Waals surface area contributed by atoms with Crippen molar-refractivity contribution in [3.63, 3.8) is 0 Å². The Hall–Kier alpha value is -7.89. The second-order valence-electron chi connectivity index (χ2n) is 17.1. The molecule has 0 radical (unpaired) electrons. The number of benzene rings is 8. The molecule has 0 aliphatic carbocycles. The van der Waals surface area contributed by atoms with Crippen LogP contribution in [0.1, 0.15) is 31.9 Å². The lowest BCUT2D eigenvalue weighted by atomic mass is 9.86. The van der Waals surface area contributed by atoms with Gasteiger partial charge >= 0.3 is 0 Å². The standard InChI is InChI=1S/C58H48N4O/c1-39-35-56(59-38-51(39)42-29-31-43(32-30-42)58(2,3)4)62-54-28-14-11-23-49(54)50-34-33-46(37-55(50)62)63-45-22-15-21-44(36-45)60-52-26-12-13-27-53(52)61-57-47(40-17-7-5-8-18-40)24-16-25-48(57)41-19-9-6-10-20-41/h5-38,60-61H,1-4H3. The lowest BCUT2D eigenvalue weighted by Crippen LogP contribution is -2.10. The smallest absolute Gasteiger partial charge is 0.137 e. The molecule has 0 saturated carbocycles. The summed E-state index contributed by atoms with van der Waals surface area (Å²) in [5.41, 5.74) is 15.4. The minimum Gasteiger partial charge on any atom is -0.457 e. The Morgan fingerprint density at radius 3 is 1.75 bits per heavy atom. The zero-order valence-electron chi connectivity index (χ0n) is 35.9. The fraction of sp³-hybridized carbons (Fsp3) is 0.0862. The first-order valence-corrected chi connectivity index (χ1v) is 21.5. The van der Waals surface area contributed by atoms with Gasteiger partial charge in [-0.25, -0.2) is 4.98 Å². The molecule has 2 aromatic heterocycles. The van der Waals surface area contributed by atoms with Crippen molar-refractivity contribution in [1.82, 2.24) is 9.55 Å². The molecule has 5 nitrogen and oxygen atoms in total. The summed E-state index contributed by atoms with van der Waals surface area (Å²) in [4.78, 5) is 5.08. The Morgan fingerprint density at radius 2 is 1.06 bits per heavy atom. The van der Waals surface area contributed by atoms with Crippen LogP contribution in [0.3, 0.4) is 0 Å². The van der Waals surface area contributed by atoms with Gasteiger partial charge < -0.3 is 15.4 Å². The number of rotatable bonds is 10. The number of pyridine rings is 1. The summed E-state index contributed by atoms with van der Waals surface area (Å²) < 4.78 is 8.90. The fourth-order valence-corrected chi connectivity index (χ4v) is 8.54. The molecule has 306 valence electrons. The van der Waals surface area contributed by atoms with Gasteiger partial charge in [0.1, 0.15) is 17.3 Å². The summed E-state index contributed by atoms with van der Waals surface area (Å²) in [6, 6.07) is 69.9. The second-order valence-corrected chi connectivity index (χ2v) is 17.1. The van der Waals surface area contributed by atoms with E-state index in [1.54, 1.807) is 0 Å². The Kier molecular flexibility index (Phi) is 10.3. The third-order valence-electron chi connectivity index (χ3n) is 11.8. The van der Waals surface area contributed by atoms with Crippen LogP contribution in [0.5, 0.6) is 11.5 Å². The van der Waals surface area contributed by atoms with Crippen molar-refractivity contribution in [1.29, 1.82) is 0 Å². The minimum absolute atomic E-state index is 0.101. The van der Waals surface area contributed by atoms with Crippen LogP contribution in [-0.4, -0.2) is 9.55 Å². The van der Waals surface area contributed by atoms with Crippen molar-refractivity contribution >= 4 is 44.6 Å². The number of fused-ring (bicyclic) bond motifs is 3. The number of ether oxygens (including phenoxy) is 1. The van der Waals surface area contributed by atoms with Gasteiger partial charge in [-0.3, -0.25) is 4.57 Å². The van der Waals surface area contributed by atoms with Crippen molar-refractivity contribution in [3.8, 4) is 50.7 Å². The number of aryl methyl sites for hydroxylation is 1. The Morgan fingerprint density at radius 1 is 0.476 bits per heavy atom. The van der Waals surface area contributed by atoms with Crippen molar-refractivity contribution in [2.24, 2.45) is 0 Å². The quantitative estimate of drug-likeness (QED) is 0.144. The molecule has 0 aliphatic heterocycles. The molecule has 0 spiro atoms. The second kappa shape index (κ2) is 16.5. The summed E-state index contributed by atoms with van der Waals surface area (Å²) in [6.07, 6.45) is 2.01. The van der Waals surface area contributed by atoms with E-state index in [0.29, 0.717) is 0 Å². The van der Waals surface area contributed by atoms with Gasteiger partial charge in [-0.05, 0) is 88.7 Å². The average Bonchev–Trinajstić information content (AvgIpc) is 3.64. The molecule has 10 rings (SSSR count). The van der Waals surface area contributed by atoms with Gasteiger partial charge in [-0.15, -0.1) is 0 Å². The number of nitrogens with zero attached hydrogens (tertiary/aromatic N) is 2. The molecular formula is C58H48N4O. The van der Waals surface area contributed by atoms with Gasteiger partial charge in [0, 0.05) is 51.5 Å². The van der Waals surface area contributed by atoms with E-state index in [4.69, 9.17) is 9.72 Å². The number of nitrogens with one attached hydrogen (secondary N) is 2. The first-order chi connectivity index (χ1) is 30.8. The van der Waals surface area contributed by atoms with Crippen LogP contribution >= 0.6 is 0 Å². The third kappa shape index (κ3) is 7.93. The summed E-state index contributed by atoms with van der Waals surface area (Å²) >= 11 is 0. The Balaban J connectivity index is 0.951. The maximum absolute atomic E-state index is 6.65. The molecule has 63 heavy (non-hydrogen) atoms. The van der Waals surface area contributed by atoms with Crippen molar-refractivity contribution in [3.05, 3.63) is 218 Å². The highest BCUT2D eigenvalue weighted by molar-refractivity contribution is 6.09. The Bertz CT molecular complexity index is 3180. The predicted octanol–water partition coefficient (Wildman–Crippen LogP) is 16.1. The number of aromatic nitrogens is 2. The third-order valence-corrected chi connectivity index (χ3v) is 11.8. The maximum Gasteiger partial charge on any atom is 0.137 e. The van der Waals surface area contributed by atoms with E-state index < -0.39 is 0 Å². The molecule has 0 saturated heterocycles. The van der Waals surface area contributed by atoms with Gasteiger partial charge in [0.15, 0.2) is 0 Å². The molecule has 2 N–H and O–H groups in total. The predicted molar refractivity (Wildman–Crippen MR) is 264 cm³/mol. The van der Waals surface area contributed by atoms with Gasteiger partial charge in [0.25, 0.3) is 0 Å². The average molecular weight is 817 g/mol. The van der Waals surface area contributed by atoms with Crippen LogP contribution < -0.4 is 15.4 Å². The van der Waals surface area contributed by atoms with E-state index in [2.05, 4.69) is 225 Å². The van der Waals surface area contributed by atoms with E-state index in [1.807, 2.05) is 24.4 Å². The minimum atomic E-state index is 0.101. The molecule has 2 heterocycles. The first-order valence-electron chi connectivity index (χ1n) is 21.5. The summed E-state index contributed by atoms with van der Waals surface area (Å²) in [7, 11) is 0. The highest BCUT2D eigenvalue weighted by atomic mass is 16.5. The van der Waals surface area contributed by atoms with Crippen molar-refractivity contribution in [2.75, 3.05) is 10.6 Å². The van der Waals surface area contributed by atoms with Crippen LogP contribution in [0.4, 0.5) is 22.7 Å². The van der Waals surface area contributed by atoms with E-state index >= 15 is 0 Å². The van der Waals surface area contributed by atoms with Gasteiger partial charge in [-0.2, -0.15) is 0 Å². The van der Waals surface area contributed by atoms with Gasteiger partial charge in [0.05, 0.1) is 28.1 Å². The number of hydrogen-bond acceptors (Lipinski definition) is 4. The zero-order valence-corrected chi connectivity index (χ0v) is 35.9. The van der Waals surface area contributed by atoms with E-state index in [9.17, 15) is 0 Å². The highest BCUT2D eigenvalue weighted by Crippen LogP contribution is 2.41. The fourth-order valence-electron chi connectivity index (χ4n) is 8.54. The van der Waals surface area contributed by atoms with E-state index in [1.165, 1.54) is 22.1 Å². The van der Waals surface area contributed by atoms with Crippen molar-refractivity contribution in [2.45, 2.75) is 33.1 Å². The topological polar surface area (TPSA) is 51.1 Å². The monoisotopic (exact) mass is 816 g/mol. The molecule has 0 atom stereocenters. The van der Waals surface area contributed by atoms with Gasteiger partial charge in [0.2, 0.25) is 0 Å². The molecule has 0 unspecified atom stereocenters. The van der Waals surface area contributed by atoms with Crippen LogP contribution in [0.15, 0.2) is 206 Å². The lowest BCUT2D eigenvalue weighted by molar-refractivity contribution is 0.483. The molecule has 0 fully saturated rings. The highest BCUT2D eigenvalue weighted by Gasteiger charge is 2.18. The molecule has 0 amide bonds. The van der Waals surface area contributed by atoms with E-state index in [0.717, 1.165) is 84.3 Å². The van der Waals surface area contributed by atoms with Crippen molar-refractivity contribution < 1.29 is 4.74 Å². The zero-order chi connectivity index (χ0) is 42.9. The van der Waals surface area contributed by atoms with E-state index in [-0.39, 0.29) is 5.41 Å². The normalized spacial score (nSPS) is 11.5. The van der Waals surface area contributed by atoms with Crippen LogP contribution in [0, 0.1) is 6.92 Å².